The van der Waals surface area contributed by atoms with Crippen molar-refractivity contribution in [2.45, 2.75) is 12.5 Å². The van der Waals surface area contributed by atoms with Crippen molar-refractivity contribution in [1.29, 1.82) is 0 Å². The highest BCUT2D eigenvalue weighted by molar-refractivity contribution is 6.31. The average molecular weight is 314 g/mol. The van der Waals surface area contributed by atoms with Gasteiger partial charge in [-0.1, -0.05) is 29.8 Å². The van der Waals surface area contributed by atoms with E-state index < -0.39 is 0 Å². The number of nitrogens with one attached hydrogen (secondary N) is 1. The number of quaternary nitrogens is 1. The fourth-order valence-electron chi connectivity index (χ4n) is 3.43. The standard InChI is InChI=1S/C18H17ClN2O/c1-22-11-6-7-16-14(10-11)12-8-9-20-17(18(12)21-16)13-4-2-3-5-15(13)19/h2-7,10,17,20-21H,8-9H2,1H3/p+1/t17-/m0/s1. The lowest BCUT2D eigenvalue weighted by atomic mass is 9.94. The summed E-state index contributed by atoms with van der Waals surface area (Å²) in [5, 5.41) is 4.45. The molecule has 1 aliphatic rings. The van der Waals surface area contributed by atoms with Crippen LogP contribution in [0.25, 0.3) is 10.9 Å². The zero-order valence-electron chi connectivity index (χ0n) is 12.4. The van der Waals surface area contributed by atoms with E-state index in [0.717, 1.165) is 29.3 Å². The summed E-state index contributed by atoms with van der Waals surface area (Å²) < 4.78 is 5.37. The van der Waals surface area contributed by atoms with Gasteiger partial charge in [0, 0.05) is 22.9 Å². The molecule has 22 heavy (non-hydrogen) atoms. The number of aromatic nitrogens is 1. The predicted octanol–water partition coefficient (Wildman–Crippen LogP) is 3.04. The van der Waals surface area contributed by atoms with Crippen molar-refractivity contribution in [2.75, 3.05) is 13.7 Å². The van der Waals surface area contributed by atoms with Crippen LogP contribution in [0.1, 0.15) is 22.9 Å². The fourth-order valence-corrected chi connectivity index (χ4v) is 3.68. The molecule has 1 aliphatic heterocycles. The molecular weight excluding hydrogens is 296 g/mol. The largest absolute Gasteiger partial charge is 0.497 e. The second-order valence-corrected chi connectivity index (χ2v) is 6.11. The zero-order chi connectivity index (χ0) is 15.1. The number of nitrogens with two attached hydrogens (primary N) is 1. The molecule has 0 amide bonds. The average Bonchev–Trinajstić information content (AvgIpc) is 2.93. The van der Waals surface area contributed by atoms with E-state index in [2.05, 4.69) is 34.6 Å². The first-order valence-corrected chi connectivity index (χ1v) is 7.92. The van der Waals surface area contributed by atoms with Crippen molar-refractivity contribution < 1.29 is 10.1 Å². The third-order valence-electron chi connectivity index (χ3n) is 4.49. The van der Waals surface area contributed by atoms with Gasteiger partial charge in [0.25, 0.3) is 0 Å². The molecule has 112 valence electrons. The minimum Gasteiger partial charge on any atom is -0.497 e. The number of H-pyrrole nitrogens is 1. The number of aromatic amines is 1. The van der Waals surface area contributed by atoms with E-state index in [-0.39, 0.29) is 6.04 Å². The first-order chi connectivity index (χ1) is 10.8. The van der Waals surface area contributed by atoms with Gasteiger partial charge in [-0.2, -0.15) is 0 Å². The number of hydrogen-bond acceptors (Lipinski definition) is 1. The molecule has 0 fully saturated rings. The van der Waals surface area contributed by atoms with Crippen LogP contribution in [0.2, 0.25) is 5.02 Å². The van der Waals surface area contributed by atoms with Crippen LogP contribution in [0.5, 0.6) is 5.75 Å². The molecule has 3 nitrogen and oxygen atoms in total. The van der Waals surface area contributed by atoms with Crippen LogP contribution in [0.15, 0.2) is 42.5 Å². The summed E-state index contributed by atoms with van der Waals surface area (Å²) in [7, 11) is 1.71. The minimum atomic E-state index is 0.232. The maximum Gasteiger partial charge on any atom is 0.154 e. The molecule has 4 rings (SSSR count). The monoisotopic (exact) mass is 313 g/mol. The molecule has 0 saturated carbocycles. The van der Waals surface area contributed by atoms with Crippen molar-refractivity contribution in [3.8, 4) is 5.75 Å². The van der Waals surface area contributed by atoms with Gasteiger partial charge in [-0.15, -0.1) is 0 Å². The molecule has 0 saturated heterocycles. The topological polar surface area (TPSA) is 41.6 Å². The van der Waals surface area contributed by atoms with Crippen molar-refractivity contribution in [1.82, 2.24) is 4.98 Å². The van der Waals surface area contributed by atoms with Crippen LogP contribution in [0.3, 0.4) is 0 Å². The van der Waals surface area contributed by atoms with Gasteiger partial charge in [0.1, 0.15) is 5.75 Å². The van der Waals surface area contributed by atoms with E-state index in [1.54, 1.807) is 7.11 Å². The Bertz CT molecular complexity index is 840. The lowest BCUT2D eigenvalue weighted by Crippen LogP contribution is -2.87. The molecule has 4 heteroatoms. The Morgan fingerprint density at radius 3 is 2.91 bits per heavy atom. The lowest BCUT2D eigenvalue weighted by molar-refractivity contribution is -0.690. The molecule has 3 N–H and O–H groups in total. The van der Waals surface area contributed by atoms with Crippen LogP contribution < -0.4 is 10.1 Å². The summed E-state index contributed by atoms with van der Waals surface area (Å²) in [4.78, 5) is 3.60. The summed E-state index contributed by atoms with van der Waals surface area (Å²) in [5.41, 5.74) is 4.99. The Balaban J connectivity index is 1.90. The van der Waals surface area contributed by atoms with Crippen molar-refractivity contribution >= 4 is 22.5 Å². The summed E-state index contributed by atoms with van der Waals surface area (Å²) in [5.74, 6) is 0.901. The van der Waals surface area contributed by atoms with Gasteiger partial charge in [0.15, 0.2) is 6.04 Å². The molecule has 3 aromatic rings. The highest BCUT2D eigenvalue weighted by Crippen LogP contribution is 2.34. The van der Waals surface area contributed by atoms with Crippen LogP contribution in [-0.2, 0) is 6.42 Å². The Morgan fingerprint density at radius 1 is 1.23 bits per heavy atom. The second kappa shape index (κ2) is 5.34. The molecule has 0 radical (unpaired) electrons. The minimum absolute atomic E-state index is 0.232. The molecule has 1 aromatic heterocycles. The second-order valence-electron chi connectivity index (χ2n) is 5.70. The molecular formula is C18H18ClN2O+. The Hall–Kier alpha value is -1.97. The number of ether oxygens (including phenoxy) is 1. The number of hydrogen-bond donors (Lipinski definition) is 2. The zero-order valence-corrected chi connectivity index (χ0v) is 13.2. The lowest BCUT2D eigenvalue weighted by Gasteiger charge is -2.22. The highest BCUT2D eigenvalue weighted by Gasteiger charge is 2.29. The first-order valence-electron chi connectivity index (χ1n) is 7.54. The van der Waals surface area contributed by atoms with Crippen molar-refractivity contribution in [2.24, 2.45) is 0 Å². The van der Waals surface area contributed by atoms with E-state index >= 15 is 0 Å². The molecule has 2 heterocycles. The quantitative estimate of drug-likeness (QED) is 0.750. The molecule has 0 unspecified atom stereocenters. The predicted molar refractivity (Wildman–Crippen MR) is 88.6 cm³/mol. The summed E-state index contributed by atoms with van der Waals surface area (Å²) in [6.07, 6.45) is 1.06. The number of fused-ring (bicyclic) bond motifs is 3. The van der Waals surface area contributed by atoms with Crippen molar-refractivity contribution in [3.63, 3.8) is 0 Å². The number of halogens is 1. The maximum atomic E-state index is 6.42. The SMILES string of the molecule is COc1ccc2[nH]c3c(c2c1)CC[NH2+][C@H]3c1ccccc1Cl. The highest BCUT2D eigenvalue weighted by atomic mass is 35.5. The van der Waals surface area contributed by atoms with E-state index in [9.17, 15) is 0 Å². The Labute approximate surface area is 134 Å². The number of benzene rings is 2. The molecule has 2 aromatic carbocycles. The number of methoxy groups -OCH3 is 1. The molecule has 0 bridgehead atoms. The van der Waals surface area contributed by atoms with Gasteiger partial charge in [0.2, 0.25) is 0 Å². The van der Waals surface area contributed by atoms with Crippen LogP contribution in [0, 0.1) is 0 Å². The smallest absolute Gasteiger partial charge is 0.154 e. The van der Waals surface area contributed by atoms with E-state index in [0.29, 0.717) is 0 Å². The third-order valence-corrected chi connectivity index (χ3v) is 4.84. The number of rotatable bonds is 2. The Morgan fingerprint density at radius 2 is 2.09 bits per heavy atom. The van der Waals surface area contributed by atoms with Crippen LogP contribution >= 0.6 is 11.6 Å². The Kier molecular flexibility index (Phi) is 3.32. The van der Waals surface area contributed by atoms with E-state index in [1.165, 1.54) is 22.2 Å². The van der Waals surface area contributed by atoms with E-state index in [4.69, 9.17) is 16.3 Å². The summed E-state index contributed by atoms with van der Waals surface area (Å²) in [6, 6.07) is 14.6. The third kappa shape index (κ3) is 2.09. The maximum absolute atomic E-state index is 6.42. The normalized spacial score (nSPS) is 17.5. The summed E-state index contributed by atoms with van der Waals surface area (Å²) >= 11 is 6.42. The van der Waals surface area contributed by atoms with Gasteiger partial charge in [-0.3, -0.25) is 0 Å². The van der Waals surface area contributed by atoms with Crippen molar-refractivity contribution in [3.05, 3.63) is 64.3 Å². The van der Waals surface area contributed by atoms with Gasteiger partial charge in [-0.05, 0) is 29.8 Å². The molecule has 0 aliphatic carbocycles. The van der Waals surface area contributed by atoms with Gasteiger partial charge in [-0.25, -0.2) is 0 Å². The summed E-state index contributed by atoms with van der Waals surface area (Å²) in [6.45, 7) is 1.06. The fraction of sp³-hybridized carbons (Fsp3) is 0.222. The van der Waals surface area contributed by atoms with Crippen LogP contribution in [0.4, 0.5) is 0 Å². The van der Waals surface area contributed by atoms with Gasteiger partial charge in [0.05, 0.1) is 24.4 Å². The first kappa shape index (κ1) is 13.7. The molecule has 0 spiro atoms. The van der Waals surface area contributed by atoms with Gasteiger partial charge >= 0.3 is 0 Å². The van der Waals surface area contributed by atoms with Crippen LogP contribution in [-0.4, -0.2) is 18.6 Å². The van der Waals surface area contributed by atoms with Gasteiger partial charge < -0.3 is 15.0 Å². The van der Waals surface area contributed by atoms with E-state index in [1.807, 2.05) is 18.2 Å². The molecule has 1 atom stereocenters.